The molecule has 3 heteroatoms. The van der Waals surface area contributed by atoms with Crippen LogP contribution in [0.5, 0.6) is 0 Å². The number of ether oxygens (including phenoxy) is 3. The van der Waals surface area contributed by atoms with Crippen LogP contribution in [-0.4, -0.2) is 39.1 Å². The third kappa shape index (κ3) is 40.1. The van der Waals surface area contributed by atoms with Crippen LogP contribution in [0.2, 0.25) is 0 Å². The summed E-state index contributed by atoms with van der Waals surface area (Å²) in [5.74, 6) is 0. The summed E-state index contributed by atoms with van der Waals surface area (Å²) in [6.07, 6.45) is 47.0. The Bertz CT molecular complexity index is 510. The molecule has 0 aliphatic heterocycles. The van der Waals surface area contributed by atoms with Crippen molar-refractivity contribution in [2.24, 2.45) is 0 Å². The predicted molar refractivity (Wildman–Crippen MR) is 205 cm³/mol. The van der Waals surface area contributed by atoms with E-state index in [2.05, 4.69) is 20.8 Å². The zero-order valence-electron chi connectivity index (χ0n) is 32.4. The molecule has 0 aromatic rings. The highest BCUT2D eigenvalue weighted by Gasteiger charge is 2.10. The van der Waals surface area contributed by atoms with Gasteiger partial charge in [0, 0.05) is 26.4 Å². The molecule has 0 radical (unpaired) electrons. The molecule has 0 heterocycles. The van der Waals surface area contributed by atoms with Crippen LogP contribution in [0.4, 0.5) is 0 Å². The van der Waals surface area contributed by atoms with Crippen molar-refractivity contribution in [1.29, 1.82) is 0 Å². The minimum atomic E-state index is 0.234. The van der Waals surface area contributed by atoms with Gasteiger partial charge in [0.15, 0.2) is 0 Å². The lowest BCUT2D eigenvalue weighted by Gasteiger charge is -2.18. The molecule has 46 heavy (non-hydrogen) atoms. The molecule has 0 amide bonds. The fourth-order valence-corrected chi connectivity index (χ4v) is 6.49. The number of unbranched alkanes of at least 4 members (excludes halogenated alkanes) is 29. The van der Waals surface area contributed by atoms with Gasteiger partial charge in [0.2, 0.25) is 0 Å². The van der Waals surface area contributed by atoms with Gasteiger partial charge < -0.3 is 14.2 Å². The Balaban J connectivity index is 3.70. The molecule has 0 bridgehead atoms. The van der Waals surface area contributed by atoms with Crippen LogP contribution in [0, 0.1) is 0 Å². The van der Waals surface area contributed by atoms with Crippen LogP contribution >= 0.6 is 0 Å². The van der Waals surface area contributed by atoms with Crippen LogP contribution in [0.15, 0.2) is 0 Å². The first-order valence-electron chi connectivity index (χ1n) is 21.6. The molecule has 0 unspecified atom stereocenters. The molecule has 0 fully saturated rings. The second kappa shape index (κ2) is 42.9. The van der Waals surface area contributed by atoms with E-state index in [1.54, 1.807) is 0 Å². The molecule has 1 atom stereocenters. The van der Waals surface area contributed by atoms with E-state index in [1.807, 2.05) is 0 Å². The molecular formula is C43H88O3. The van der Waals surface area contributed by atoms with Crippen molar-refractivity contribution in [3.8, 4) is 0 Å². The lowest BCUT2D eigenvalue weighted by atomic mass is 10.0. The number of rotatable bonds is 42. The van der Waals surface area contributed by atoms with E-state index in [-0.39, 0.29) is 6.10 Å². The van der Waals surface area contributed by atoms with Crippen molar-refractivity contribution >= 4 is 0 Å². The van der Waals surface area contributed by atoms with E-state index in [9.17, 15) is 0 Å². The molecule has 278 valence electrons. The second-order valence-corrected chi connectivity index (χ2v) is 14.6. The lowest BCUT2D eigenvalue weighted by Crippen LogP contribution is -2.22. The van der Waals surface area contributed by atoms with E-state index >= 15 is 0 Å². The fraction of sp³-hybridized carbons (Fsp3) is 1.00. The molecule has 0 aromatic heterocycles. The standard InChI is InChI=1S/C43H88O3/c1-4-7-10-12-14-16-18-20-22-23-24-26-28-30-32-34-39-45-42-43(37-36-40-44-38-9-6-3)46-41-35-33-31-29-27-25-21-19-17-15-13-11-8-5-2/h43H,4-42H2,1-3H3/t43-/m0/s1. The Hall–Kier alpha value is -0.120. The van der Waals surface area contributed by atoms with Crippen molar-refractivity contribution in [3.63, 3.8) is 0 Å². The largest absolute Gasteiger partial charge is 0.381 e. The first-order valence-corrected chi connectivity index (χ1v) is 21.6. The summed E-state index contributed by atoms with van der Waals surface area (Å²) < 4.78 is 18.2. The fourth-order valence-electron chi connectivity index (χ4n) is 6.49. The molecule has 0 aliphatic carbocycles. The van der Waals surface area contributed by atoms with Gasteiger partial charge >= 0.3 is 0 Å². The van der Waals surface area contributed by atoms with Gasteiger partial charge in [0.1, 0.15) is 0 Å². The van der Waals surface area contributed by atoms with Gasteiger partial charge in [-0.1, -0.05) is 207 Å². The average molecular weight is 653 g/mol. The molecule has 0 saturated heterocycles. The minimum Gasteiger partial charge on any atom is -0.381 e. The molecule has 0 saturated carbocycles. The molecular weight excluding hydrogens is 564 g/mol. The summed E-state index contributed by atoms with van der Waals surface area (Å²) >= 11 is 0. The molecule has 0 aliphatic rings. The molecule has 0 aromatic carbocycles. The predicted octanol–water partition coefficient (Wildman–Crippen LogP) is 14.7. The van der Waals surface area contributed by atoms with Crippen molar-refractivity contribution in [3.05, 3.63) is 0 Å². The highest BCUT2D eigenvalue weighted by Crippen LogP contribution is 2.15. The normalized spacial score (nSPS) is 12.3. The Kier molecular flexibility index (Phi) is 42.8. The maximum absolute atomic E-state index is 6.33. The Morgan fingerprint density at radius 3 is 0.978 bits per heavy atom. The summed E-state index contributed by atoms with van der Waals surface area (Å²) in [5.41, 5.74) is 0. The molecule has 3 nitrogen and oxygen atoms in total. The highest BCUT2D eigenvalue weighted by molar-refractivity contribution is 4.59. The maximum atomic E-state index is 6.33. The topological polar surface area (TPSA) is 27.7 Å². The summed E-state index contributed by atoms with van der Waals surface area (Å²) in [5, 5.41) is 0. The SMILES string of the molecule is CCCCCCCCCCCCCCCCCCOC[C@H](CCCOCCCC)OCCCCCCCCCCCCCCCC. The number of hydrogen-bond donors (Lipinski definition) is 0. The zero-order valence-corrected chi connectivity index (χ0v) is 32.4. The Labute approximate surface area is 291 Å². The molecule has 0 rings (SSSR count). The van der Waals surface area contributed by atoms with Crippen molar-refractivity contribution in [2.75, 3.05) is 33.0 Å². The van der Waals surface area contributed by atoms with Crippen LogP contribution in [0.1, 0.15) is 239 Å². The van der Waals surface area contributed by atoms with E-state index in [1.165, 1.54) is 205 Å². The van der Waals surface area contributed by atoms with Gasteiger partial charge in [0.25, 0.3) is 0 Å². The molecule has 0 spiro atoms. The molecule has 0 N–H and O–H groups in total. The van der Waals surface area contributed by atoms with Gasteiger partial charge in [-0.3, -0.25) is 0 Å². The van der Waals surface area contributed by atoms with E-state index in [0.29, 0.717) is 0 Å². The van der Waals surface area contributed by atoms with Gasteiger partial charge in [-0.15, -0.1) is 0 Å². The zero-order chi connectivity index (χ0) is 33.3. The lowest BCUT2D eigenvalue weighted by molar-refractivity contribution is -0.0265. The van der Waals surface area contributed by atoms with Gasteiger partial charge in [-0.25, -0.2) is 0 Å². The summed E-state index contributed by atoms with van der Waals surface area (Å²) in [4.78, 5) is 0. The quantitative estimate of drug-likeness (QED) is 0.0614. The summed E-state index contributed by atoms with van der Waals surface area (Å²) in [6.45, 7) is 11.1. The summed E-state index contributed by atoms with van der Waals surface area (Å²) in [7, 11) is 0. The van der Waals surface area contributed by atoms with Crippen LogP contribution in [0.25, 0.3) is 0 Å². The third-order valence-corrected chi connectivity index (χ3v) is 9.75. The number of hydrogen-bond acceptors (Lipinski definition) is 3. The van der Waals surface area contributed by atoms with Gasteiger partial charge in [-0.05, 0) is 32.1 Å². The smallest absolute Gasteiger partial charge is 0.0809 e. The Morgan fingerprint density at radius 1 is 0.283 bits per heavy atom. The third-order valence-electron chi connectivity index (χ3n) is 9.75. The average Bonchev–Trinajstić information content (AvgIpc) is 3.07. The minimum absolute atomic E-state index is 0.234. The van der Waals surface area contributed by atoms with E-state index < -0.39 is 0 Å². The monoisotopic (exact) mass is 653 g/mol. The Morgan fingerprint density at radius 2 is 0.587 bits per heavy atom. The first kappa shape index (κ1) is 45.9. The second-order valence-electron chi connectivity index (χ2n) is 14.6. The van der Waals surface area contributed by atoms with E-state index in [4.69, 9.17) is 14.2 Å². The van der Waals surface area contributed by atoms with E-state index in [0.717, 1.165) is 45.9 Å². The maximum Gasteiger partial charge on any atom is 0.0809 e. The van der Waals surface area contributed by atoms with Gasteiger partial charge in [-0.2, -0.15) is 0 Å². The van der Waals surface area contributed by atoms with Crippen LogP contribution in [-0.2, 0) is 14.2 Å². The van der Waals surface area contributed by atoms with Gasteiger partial charge in [0.05, 0.1) is 12.7 Å². The van der Waals surface area contributed by atoms with Crippen LogP contribution in [0.3, 0.4) is 0 Å². The van der Waals surface area contributed by atoms with Crippen molar-refractivity contribution < 1.29 is 14.2 Å². The summed E-state index contributed by atoms with van der Waals surface area (Å²) in [6, 6.07) is 0. The highest BCUT2D eigenvalue weighted by atomic mass is 16.5. The van der Waals surface area contributed by atoms with Crippen LogP contribution < -0.4 is 0 Å². The van der Waals surface area contributed by atoms with Crippen molar-refractivity contribution in [1.82, 2.24) is 0 Å². The first-order chi connectivity index (χ1) is 22.8. The van der Waals surface area contributed by atoms with Crippen molar-refractivity contribution in [2.45, 2.75) is 245 Å².